The van der Waals surface area contributed by atoms with E-state index in [0.717, 1.165) is 139 Å². The summed E-state index contributed by atoms with van der Waals surface area (Å²) in [7, 11) is 0. The summed E-state index contributed by atoms with van der Waals surface area (Å²) in [4.78, 5) is 10.7. The maximum absolute atomic E-state index is 10.9. The Bertz CT molecular complexity index is 5320. The molecule has 90 heavy (non-hydrogen) atoms. The van der Waals surface area contributed by atoms with Gasteiger partial charge >= 0.3 is 0 Å². The van der Waals surface area contributed by atoms with Crippen molar-refractivity contribution in [3.8, 4) is 131 Å². The van der Waals surface area contributed by atoms with Gasteiger partial charge in [-0.15, -0.1) is 0 Å². The third-order valence-electron chi connectivity index (χ3n) is 16.9. The van der Waals surface area contributed by atoms with Crippen LogP contribution in [0.2, 0.25) is 0 Å². The minimum atomic E-state index is 0.475. The van der Waals surface area contributed by atoms with Gasteiger partial charge in [-0.25, -0.2) is 9.97 Å². The maximum atomic E-state index is 10.9. The lowest BCUT2D eigenvalue weighted by molar-refractivity contribution is 1.15. The smallest absolute Gasteiger partial charge is 0.160 e. The van der Waals surface area contributed by atoms with Crippen molar-refractivity contribution < 1.29 is 0 Å². The molecule has 0 atom stereocenters. The van der Waals surface area contributed by atoms with Crippen LogP contribution in [0, 0.1) is 56.7 Å². The molecule has 414 valence electrons. The number of nitrogens with zero attached hydrogens (tertiary/aromatic N) is 9. The second-order valence-corrected chi connectivity index (χ2v) is 22.1. The lowest BCUT2D eigenvalue weighted by Crippen LogP contribution is -2.03. The highest BCUT2D eigenvalue weighted by Gasteiger charge is 2.24. The number of aromatic nitrogens is 4. The number of rotatable bonds is 10. The van der Waals surface area contributed by atoms with E-state index >= 15 is 0 Å². The van der Waals surface area contributed by atoms with Gasteiger partial charge < -0.3 is 9.13 Å². The first kappa shape index (κ1) is 53.5. The summed E-state index contributed by atoms with van der Waals surface area (Å²) in [5.41, 5.74) is 21.8. The predicted molar refractivity (Wildman–Crippen MR) is 358 cm³/mol. The predicted octanol–water partition coefficient (Wildman–Crippen LogP) is 19.4. The van der Waals surface area contributed by atoms with Gasteiger partial charge in [0.25, 0.3) is 0 Å². The van der Waals surface area contributed by atoms with Gasteiger partial charge in [-0.05, 0) is 172 Å². The second kappa shape index (κ2) is 22.3. The molecule has 0 bridgehead atoms. The summed E-state index contributed by atoms with van der Waals surface area (Å²) in [6.07, 6.45) is 0. The zero-order chi connectivity index (χ0) is 60.8. The summed E-state index contributed by atoms with van der Waals surface area (Å²) in [5.74, 6) is 0.527. The molecule has 15 aromatic rings. The van der Waals surface area contributed by atoms with Gasteiger partial charge in [-0.2, -0.15) is 26.3 Å². The molecule has 9 heteroatoms. The quantitative estimate of drug-likeness (QED) is 0.132. The van der Waals surface area contributed by atoms with Crippen LogP contribution in [0.25, 0.3) is 145 Å². The first-order valence-corrected chi connectivity index (χ1v) is 29.2. The molecular weight excluding hydrogens is 1100 g/mol. The van der Waals surface area contributed by atoms with E-state index in [0.29, 0.717) is 33.6 Å². The van der Waals surface area contributed by atoms with Crippen LogP contribution >= 0.6 is 0 Å². The molecule has 0 unspecified atom stereocenters. The Morgan fingerprint density at radius 3 is 0.911 bits per heavy atom. The molecule has 0 fully saturated rings. The molecule has 3 heterocycles. The third-order valence-corrected chi connectivity index (χ3v) is 16.9. The average Bonchev–Trinajstić information content (AvgIpc) is 2.36. The Morgan fingerprint density at radius 1 is 0.233 bits per heavy atom. The minimum Gasteiger partial charge on any atom is -0.309 e. The van der Waals surface area contributed by atoms with Gasteiger partial charge in [0.1, 0.15) is 0 Å². The second-order valence-electron chi connectivity index (χ2n) is 22.1. The highest BCUT2D eigenvalue weighted by Crippen LogP contribution is 2.45. The van der Waals surface area contributed by atoms with E-state index in [4.69, 9.17) is 9.97 Å². The zero-order valence-electron chi connectivity index (χ0n) is 48.0. The van der Waals surface area contributed by atoms with Crippen LogP contribution in [0.1, 0.15) is 27.8 Å². The molecule has 0 amide bonds. The van der Waals surface area contributed by atoms with Crippen LogP contribution in [0.4, 0.5) is 0 Å². The average molecular weight is 1140 g/mol. The van der Waals surface area contributed by atoms with E-state index in [1.54, 1.807) is 0 Å². The normalized spacial score (nSPS) is 11.1. The molecule has 3 aromatic heterocycles. The minimum absolute atomic E-state index is 0.475. The van der Waals surface area contributed by atoms with Crippen LogP contribution in [0.3, 0.4) is 0 Å². The molecule has 0 saturated heterocycles. The Hall–Kier alpha value is -13.2. The van der Waals surface area contributed by atoms with Gasteiger partial charge in [-0.1, -0.05) is 146 Å². The number of hydrogen-bond donors (Lipinski definition) is 0. The van der Waals surface area contributed by atoms with E-state index in [1.165, 1.54) is 0 Å². The van der Waals surface area contributed by atoms with E-state index < -0.39 is 0 Å². The van der Waals surface area contributed by atoms with Crippen molar-refractivity contribution in [1.82, 2.24) is 19.1 Å². The SMILES string of the molecule is N#Cc1ccc(-c2ccc3c(c2)c2cc(-c4ccc(C#N)cc4)ccc2n3-c2ccc(C#N)cc2-c2ccc(-c3nc(-c4ccccc4)cc(-c4ccccc4)n3)cc2-n2c3ccc(-c4ccc(C#N)cc4)cc3c3cc(-c4ccc(C#N)cc4)ccc32)cc1. The summed E-state index contributed by atoms with van der Waals surface area (Å²) < 4.78 is 4.61. The van der Waals surface area contributed by atoms with Crippen molar-refractivity contribution >= 4 is 43.6 Å². The summed E-state index contributed by atoms with van der Waals surface area (Å²) in [6.45, 7) is 0. The van der Waals surface area contributed by atoms with E-state index in [2.05, 4.69) is 155 Å². The first-order valence-electron chi connectivity index (χ1n) is 29.2. The van der Waals surface area contributed by atoms with Crippen molar-refractivity contribution in [3.63, 3.8) is 0 Å². The van der Waals surface area contributed by atoms with Crippen LogP contribution in [0.15, 0.2) is 273 Å². The Balaban J connectivity index is 1.02. The zero-order valence-corrected chi connectivity index (χ0v) is 48.0. The van der Waals surface area contributed by atoms with Crippen molar-refractivity contribution in [2.75, 3.05) is 0 Å². The maximum Gasteiger partial charge on any atom is 0.160 e. The number of fused-ring (bicyclic) bond motifs is 6. The lowest BCUT2D eigenvalue weighted by Gasteiger charge is -2.20. The molecule has 0 aliphatic heterocycles. The summed E-state index contributed by atoms with van der Waals surface area (Å²) in [6, 6.07) is 103. The van der Waals surface area contributed by atoms with Gasteiger partial charge in [-0.3, -0.25) is 0 Å². The molecule has 0 aliphatic carbocycles. The largest absolute Gasteiger partial charge is 0.309 e. The van der Waals surface area contributed by atoms with Crippen molar-refractivity contribution in [1.29, 1.82) is 26.3 Å². The van der Waals surface area contributed by atoms with Gasteiger partial charge in [0.2, 0.25) is 0 Å². The molecule has 15 rings (SSSR count). The molecule has 0 N–H and O–H groups in total. The monoisotopic (exact) mass is 1140 g/mol. The first-order chi connectivity index (χ1) is 44.3. The van der Waals surface area contributed by atoms with E-state index in [9.17, 15) is 26.3 Å². The molecule has 9 nitrogen and oxygen atoms in total. The molecule has 0 spiro atoms. The van der Waals surface area contributed by atoms with Crippen molar-refractivity contribution in [3.05, 3.63) is 301 Å². The molecule has 0 radical (unpaired) electrons. The van der Waals surface area contributed by atoms with Crippen molar-refractivity contribution in [2.24, 2.45) is 0 Å². The molecular formula is C81H45N9. The Labute approximate surface area is 518 Å². The Morgan fingerprint density at radius 2 is 0.556 bits per heavy atom. The topological polar surface area (TPSA) is 155 Å². The fourth-order valence-corrected chi connectivity index (χ4v) is 12.4. The highest BCUT2D eigenvalue weighted by atomic mass is 15.0. The van der Waals surface area contributed by atoms with Crippen molar-refractivity contribution in [2.45, 2.75) is 0 Å². The summed E-state index contributed by atoms with van der Waals surface area (Å²) in [5, 5.41) is 53.8. The number of nitriles is 5. The lowest BCUT2D eigenvalue weighted by atomic mass is 9.96. The van der Waals surface area contributed by atoms with Crippen LogP contribution in [-0.2, 0) is 0 Å². The van der Waals surface area contributed by atoms with E-state index in [-0.39, 0.29) is 0 Å². The van der Waals surface area contributed by atoms with Crippen LogP contribution < -0.4 is 0 Å². The van der Waals surface area contributed by atoms with Gasteiger partial charge in [0.05, 0.1) is 103 Å². The standard InChI is InChI=1S/C81H45N9/c82-46-51-11-20-56(21-12-51)62-29-35-76-69(40-62)70-41-63(57-22-13-52(47-83)14-23-57)30-36-77(70)89(76)75-34-19-55(50-86)39-68(75)67-33-28-66(81-87-73(60-7-3-1-4-8-60)45-74(88-81)61-9-5-2-6-10-61)44-80(67)90-78-37-31-64(58-24-15-53(48-84)16-25-58)42-71(78)72-43-65(32-38-79(72)90)59-26-17-54(49-85)18-27-59/h1-45H. The van der Waals surface area contributed by atoms with Gasteiger partial charge in [0.15, 0.2) is 5.82 Å². The number of hydrogen-bond acceptors (Lipinski definition) is 7. The van der Waals surface area contributed by atoms with Gasteiger partial charge in [0, 0.05) is 49.4 Å². The fraction of sp³-hybridized carbons (Fsp3) is 0. The molecule has 0 saturated carbocycles. The highest BCUT2D eigenvalue weighted by molar-refractivity contribution is 6.14. The third kappa shape index (κ3) is 9.52. The molecule has 0 aliphatic rings. The number of benzene rings is 12. The van der Waals surface area contributed by atoms with Crippen LogP contribution in [-0.4, -0.2) is 19.1 Å². The Kier molecular flexibility index (Phi) is 13.3. The van der Waals surface area contributed by atoms with E-state index in [1.807, 2.05) is 158 Å². The van der Waals surface area contributed by atoms with Crippen LogP contribution in [0.5, 0.6) is 0 Å². The summed E-state index contributed by atoms with van der Waals surface area (Å²) >= 11 is 0. The fourth-order valence-electron chi connectivity index (χ4n) is 12.4. The molecule has 12 aromatic carbocycles.